The highest BCUT2D eigenvalue weighted by molar-refractivity contribution is 4.87. The normalized spacial score (nSPS) is 20.2. The number of aliphatic hydroxyl groups is 1. The number of nitrogens with two attached hydrogens (primary N) is 1. The highest BCUT2D eigenvalue weighted by atomic mass is 16.5. The third-order valence-corrected chi connectivity index (χ3v) is 3.31. The number of aliphatic hydroxyl groups excluding tert-OH is 1. The lowest BCUT2D eigenvalue weighted by atomic mass is 9.80. The molecule has 1 aliphatic rings. The Morgan fingerprint density at radius 3 is 2.60 bits per heavy atom. The number of hydrogen-bond donors (Lipinski definition) is 2. The van der Waals surface area contributed by atoms with Gasteiger partial charge in [0, 0.05) is 31.8 Å². The third kappa shape index (κ3) is 4.49. The van der Waals surface area contributed by atoms with Gasteiger partial charge in [-0.15, -0.1) is 0 Å². The van der Waals surface area contributed by atoms with Gasteiger partial charge in [-0.05, 0) is 25.2 Å². The molecule has 0 aromatic carbocycles. The van der Waals surface area contributed by atoms with E-state index >= 15 is 0 Å². The van der Waals surface area contributed by atoms with Gasteiger partial charge in [-0.3, -0.25) is 0 Å². The van der Waals surface area contributed by atoms with Crippen LogP contribution in [0, 0.1) is 11.3 Å². The molecule has 1 aliphatic carbocycles. The summed E-state index contributed by atoms with van der Waals surface area (Å²) < 4.78 is 5.48. The predicted molar refractivity (Wildman–Crippen MR) is 61.6 cm³/mol. The molecule has 0 aliphatic heterocycles. The molecule has 90 valence electrons. The van der Waals surface area contributed by atoms with E-state index in [9.17, 15) is 5.11 Å². The van der Waals surface area contributed by atoms with E-state index in [1.54, 1.807) is 0 Å². The van der Waals surface area contributed by atoms with Crippen molar-refractivity contribution in [2.45, 2.75) is 39.0 Å². The summed E-state index contributed by atoms with van der Waals surface area (Å²) in [6.45, 7) is 4.44. The van der Waals surface area contributed by atoms with E-state index in [4.69, 9.17) is 10.5 Å². The van der Waals surface area contributed by atoms with Crippen LogP contribution in [0.4, 0.5) is 0 Å². The molecule has 0 aromatic rings. The predicted octanol–water partition coefficient (Wildman–Crippen LogP) is 1.54. The van der Waals surface area contributed by atoms with Gasteiger partial charge in [0.15, 0.2) is 0 Å². The zero-order valence-electron chi connectivity index (χ0n) is 9.87. The van der Waals surface area contributed by atoms with E-state index in [1.807, 2.05) is 0 Å². The van der Waals surface area contributed by atoms with E-state index in [1.165, 1.54) is 12.8 Å². The molecule has 0 heterocycles. The van der Waals surface area contributed by atoms with Crippen molar-refractivity contribution in [3.63, 3.8) is 0 Å². The molecule has 1 atom stereocenters. The van der Waals surface area contributed by atoms with Crippen molar-refractivity contribution in [3.05, 3.63) is 0 Å². The molecule has 3 heteroatoms. The van der Waals surface area contributed by atoms with Crippen molar-refractivity contribution in [2.75, 3.05) is 26.4 Å². The van der Waals surface area contributed by atoms with Gasteiger partial charge < -0.3 is 15.6 Å². The Hall–Kier alpha value is -0.120. The van der Waals surface area contributed by atoms with E-state index in [2.05, 4.69) is 6.92 Å². The standard InChI is InChI=1S/C12H25NO2/c1-2-6-15-7-5-12(9-13,10-14)8-11-3-4-11/h11,14H,2-10,13H2,1H3. The smallest absolute Gasteiger partial charge is 0.0500 e. The van der Waals surface area contributed by atoms with Gasteiger partial charge in [-0.1, -0.05) is 19.8 Å². The molecule has 0 saturated heterocycles. The molecule has 0 radical (unpaired) electrons. The SMILES string of the molecule is CCCOCCC(CN)(CO)CC1CC1. The second kappa shape index (κ2) is 6.46. The van der Waals surface area contributed by atoms with Crippen LogP contribution in [0.3, 0.4) is 0 Å². The molecular weight excluding hydrogens is 190 g/mol. The van der Waals surface area contributed by atoms with Crippen molar-refractivity contribution in [1.82, 2.24) is 0 Å². The van der Waals surface area contributed by atoms with Gasteiger partial charge in [-0.25, -0.2) is 0 Å². The largest absolute Gasteiger partial charge is 0.396 e. The summed E-state index contributed by atoms with van der Waals surface area (Å²) in [6, 6.07) is 0. The average Bonchev–Trinajstić information content (AvgIpc) is 3.06. The Morgan fingerprint density at radius 1 is 1.40 bits per heavy atom. The van der Waals surface area contributed by atoms with Crippen LogP contribution < -0.4 is 5.73 Å². The van der Waals surface area contributed by atoms with Crippen LogP contribution >= 0.6 is 0 Å². The molecule has 0 bridgehead atoms. The number of hydrogen-bond acceptors (Lipinski definition) is 3. The van der Waals surface area contributed by atoms with E-state index in [-0.39, 0.29) is 12.0 Å². The van der Waals surface area contributed by atoms with Gasteiger partial charge in [0.05, 0.1) is 0 Å². The van der Waals surface area contributed by atoms with Crippen LogP contribution in [0.2, 0.25) is 0 Å². The zero-order chi connectivity index (χ0) is 11.1. The van der Waals surface area contributed by atoms with Crippen LogP contribution in [0.1, 0.15) is 39.0 Å². The lowest BCUT2D eigenvalue weighted by molar-refractivity contribution is 0.0525. The first kappa shape index (κ1) is 12.9. The first-order chi connectivity index (χ1) is 7.26. The number of rotatable bonds is 9. The third-order valence-electron chi connectivity index (χ3n) is 3.31. The molecule has 0 amide bonds. The summed E-state index contributed by atoms with van der Waals surface area (Å²) in [5, 5.41) is 9.47. The van der Waals surface area contributed by atoms with Crippen LogP contribution in [0.25, 0.3) is 0 Å². The van der Waals surface area contributed by atoms with Gasteiger partial charge in [-0.2, -0.15) is 0 Å². The summed E-state index contributed by atoms with van der Waals surface area (Å²) in [5.41, 5.74) is 5.72. The Labute approximate surface area is 93.0 Å². The minimum atomic E-state index is -0.0745. The monoisotopic (exact) mass is 215 g/mol. The average molecular weight is 215 g/mol. The Morgan fingerprint density at radius 2 is 2.13 bits per heavy atom. The van der Waals surface area contributed by atoms with Crippen molar-refractivity contribution in [2.24, 2.45) is 17.1 Å². The summed E-state index contributed by atoms with van der Waals surface area (Å²) >= 11 is 0. The fourth-order valence-corrected chi connectivity index (χ4v) is 1.97. The Balaban J connectivity index is 2.26. The lowest BCUT2D eigenvalue weighted by Gasteiger charge is -2.30. The molecule has 1 unspecified atom stereocenters. The van der Waals surface area contributed by atoms with Gasteiger partial charge in [0.1, 0.15) is 0 Å². The summed E-state index contributed by atoms with van der Waals surface area (Å²) in [7, 11) is 0. The molecule has 1 rings (SSSR count). The van der Waals surface area contributed by atoms with E-state index in [0.29, 0.717) is 6.54 Å². The molecule has 1 fully saturated rings. The first-order valence-corrected chi connectivity index (χ1v) is 6.15. The van der Waals surface area contributed by atoms with Crippen molar-refractivity contribution in [3.8, 4) is 0 Å². The maximum absolute atomic E-state index is 9.47. The van der Waals surface area contributed by atoms with E-state index in [0.717, 1.165) is 38.4 Å². The maximum Gasteiger partial charge on any atom is 0.0500 e. The van der Waals surface area contributed by atoms with Crippen molar-refractivity contribution < 1.29 is 9.84 Å². The van der Waals surface area contributed by atoms with Crippen LogP contribution in [-0.4, -0.2) is 31.5 Å². The quantitative estimate of drug-likeness (QED) is 0.574. The molecule has 1 saturated carbocycles. The fourth-order valence-electron chi connectivity index (χ4n) is 1.97. The summed E-state index contributed by atoms with van der Waals surface area (Å²) in [5.74, 6) is 0.812. The highest BCUT2D eigenvalue weighted by Gasteiger charge is 2.35. The van der Waals surface area contributed by atoms with Gasteiger partial charge >= 0.3 is 0 Å². The molecule has 3 nitrogen and oxygen atoms in total. The minimum absolute atomic E-state index is 0.0745. The van der Waals surface area contributed by atoms with Gasteiger partial charge in [0.25, 0.3) is 0 Å². The molecular formula is C12H25NO2. The van der Waals surface area contributed by atoms with Gasteiger partial charge in [0.2, 0.25) is 0 Å². The van der Waals surface area contributed by atoms with Crippen molar-refractivity contribution in [1.29, 1.82) is 0 Å². The second-order valence-electron chi connectivity index (χ2n) is 4.87. The molecule has 15 heavy (non-hydrogen) atoms. The molecule has 0 aromatic heterocycles. The Bertz CT molecular complexity index is 165. The highest BCUT2D eigenvalue weighted by Crippen LogP contribution is 2.41. The molecule has 3 N–H and O–H groups in total. The van der Waals surface area contributed by atoms with Crippen LogP contribution in [-0.2, 0) is 4.74 Å². The van der Waals surface area contributed by atoms with Crippen molar-refractivity contribution >= 4 is 0 Å². The summed E-state index contributed by atoms with van der Waals surface area (Å²) in [4.78, 5) is 0. The second-order valence-corrected chi connectivity index (χ2v) is 4.87. The fraction of sp³-hybridized carbons (Fsp3) is 1.00. The maximum atomic E-state index is 9.47. The lowest BCUT2D eigenvalue weighted by Crippen LogP contribution is -2.36. The number of ether oxygens (including phenoxy) is 1. The Kier molecular flexibility index (Phi) is 5.58. The first-order valence-electron chi connectivity index (χ1n) is 6.15. The van der Waals surface area contributed by atoms with Crippen LogP contribution in [0.15, 0.2) is 0 Å². The zero-order valence-corrected chi connectivity index (χ0v) is 9.87. The van der Waals surface area contributed by atoms with E-state index < -0.39 is 0 Å². The van der Waals surface area contributed by atoms with Crippen LogP contribution in [0.5, 0.6) is 0 Å². The summed E-state index contributed by atoms with van der Waals surface area (Å²) in [6.07, 6.45) is 5.67. The minimum Gasteiger partial charge on any atom is -0.396 e. The molecule has 0 spiro atoms. The topological polar surface area (TPSA) is 55.5 Å².